The molecule has 3 aliphatic heterocycles. The molecule has 3 saturated heterocycles. The van der Waals surface area contributed by atoms with Crippen molar-refractivity contribution in [1.29, 1.82) is 0 Å². The molecule has 4 heteroatoms. The largest absolute Gasteiger partial charge is 0.372 e. The van der Waals surface area contributed by atoms with Crippen LogP contribution in [-0.2, 0) is 0 Å². The Kier molecular flexibility index (Phi) is 5.49. The zero-order valence-corrected chi connectivity index (χ0v) is 16.2. The van der Waals surface area contributed by atoms with E-state index in [2.05, 4.69) is 33.8 Å². The number of carbonyl (C=O) groups is 1. The molecule has 0 radical (unpaired) electrons. The molecular weight excluding hydrogens is 322 g/mol. The molecule has 4 rings (SSSR count). The topological polar surface area (TPSA) is 26.8 Å². The lowest BCUT2D eigenvalue weighted by atomic mass is 9.98. The fourth-order valence-corrected chi connectivity index (χ4v) is 4.81. The van der Waals surface area contributed by atoms with Gasteiger partial charge in [-0.1, -0.05) is 6.92 Å². The Bertz CT molecular complexity index is 592. The van der Waals surface area contributed by atoms with Crippen LogP contribution in [0, 0.1) is 5.92 Å². The van der Waals surface area contributed by atoms with Crippen LogP contribution in [0.1, 0.15) is 55.8 Å². The van der Waals surface area contributed by atoms with Gasteiger partial charge in [0.2, 0.25) is 0 Å². The number of nitrogens with zero attached hydrogens (tertiary/aromatic N) is 3. The van der Waals surface area contributed by atoms with Gasteiger partial charge in [-0.2, -0.15) is 0 Å². The zero-order chi connectivity index (χ0) is 17.9. The zero-order valence-electron chi connectivity index (χ0n) is 16.2. The molecule has 3 fully saturated rings. The highest BCUT2D eigenvalue weighted by molar-refractivity contribution is 5.94. The minimum Gasteiger partial charge on any atom is -0.372 e. The second-order valence-electron chi connectivity index (χ2n) is 8.48. The first-order valence-electron chi connectivity index (χ1n) is 10.6. The number of anilines is 1. The summed E-state index contributed by atoms with van der Waals surface area (Å²) in [6.07, 6.45) is 7.51. The molecule has 0 unspecified atom stereocenters. The summed E-state index contributed by atoms with van der Waals surface area (Å²) in [5.41, 5.74) is 2.11. The molecule has 0 saturated carbocycles. The molecule has 0 N–H and O–H groups in total. The van der Waals surface area contributed by atoms with Gasteiger partial charge in [0.25, 0.3) is 5.91 Å². The van der Waals surface area contributed by atoms with E-state index in [1.807, 2.05) is 12.1 Å². The Morgan fingerprint density at radius 1 is 0.846 bits per heavy atom. The van der Waals surface area contributed by atoms with Crippen LogP contribution in [0.25, 0.3) is 0 Å². The lowest BCUT2D eigenvalue weighted by Crippen LogP contribution is -2.45. The van der Waals surface area contributed by atoms with E-state index in [0.717, 1.165) is 50.5 Å². The number of hydrogen-bond acceptors (Lipinski definition) is 3. The van der Waals surface area contributed by atoms with E-state index in [4.69, 9.17) is 0 Å². The molecule has 0 aromatic heterocycles. The quantitative estimate of drug-likeness (QED) is 0.828. The Morgan fingerprint density at radius 2 is 1.46 bits per heavy atom. The Morgan fingerprint density at radius 3 is 2.08 bits per heavy atom. The normalized spacial score (nSPS) is 23.6. The smallest absolute Gasteiger partial charge is 0.253 e. The van der Waals surface area contributed by atoms with Crippen LogP contribution in [0.5, 0.6) is 0 Å². The maximum Gasteiger partial charge on any atom is 0.253 e. The van der Waals surface area contributed by atoms with Gasteiger partial charge in [0.05, 0.1) is 0 Å². The van der Waals surface area contributed by atoms with E-state index in [1.54, 1.807) is 0 Å². The van der Waals surface area contributed by atoms with Crippen molar-refractivity contribution < 1.29 is 4.79 Å². The van der Waals surface area contributed by atoms with Crippen molar-refractivity contribution in [2.24, 2.45) is 5.92 Å². The molecule has 1 amide bonds. The maximum absolute atomic E-state index is 12.9. The van der Waals surface area contributed by atoms with Crippen LogP contribution in [-0.4, -0.2) is 61.0 Å². The molecule has 0 atom stereocenters. The van der Waals surface area contributed by atoms with Crippen LogP contribution in [0.2, 0.25) is 0 Å². The summed E-state index contributed by atoms with van der Waals surface area (Å²) in [7, 11) is 0. The highest BCUT2D eigenvalue weighted by Crippen LogP contribution is 2.25. The molecule has 0 bridgehead atoms. The number of rotatable bonds is 3. The van der Waals surface area contributed by atoms with Gasteiger partial charge in [-0.25, -0.2) is 0 Å². The van der Waals surface area contributed by atoms with E-state index in [-0.39, 0.29) is 5.91 Å². The fraction of sp³-hybridized carbons (Fsp3) is 0.682. The highest BCUT2D eigenvalue weighted by atomic mass is 16.2. The number of carbonyl (C=O) groups excluding carboxylic acids is 1. The van der Waals surface area contributed by atoms with Crippen LogP contribution in [0.3, 0.4) is 0 Å². The van der Waals surface area contributed by atoms with Crippen LogP contribution in [0.15, 0.2) is 24.3 Å². The molecule has 1 aromatic rings. The summed E-state index contributed by atoms with van der Waals surface area (Å²) in [5, 5.41) is 0. The summed E-state index contributed by atoms with van der Waals surface area (Å²) >= 11 is 0. The lowest BCUT2D eigenvalue weighted by Gasteiger charge is -2.36. The third kappa shape index (κ3) is 3.90. The van der Waals surface area contributed by atoms with Crippen molar-refractivity contribution in [2.45, 2.75) is 51.5 Å². The van der Waals surface area contributed by atoms with Gasteiger partial charge in [0.1, 0.15) is 0 Å². The van der Waals surface area contributed by atoms with E-state index in [9.17, 15) is 4.79 Å². The van der Waals surface area contributed by atoms with Crippen molar-refractivity contribution in [3.05, 3.63) is 29.8 Å². The maximum atomic E-state index is 12.9. The monoisotopic (exact) mass is 355 g/mol. The molecule has 3 aliphatic rings. The SMILES string of the molecule is CC1CCN(c2ccc(C(=O)N3CCC(N4CCCC4)CC3)cc2)CC1. The first-order valence-corrected chi connectivity index (χ1v) is 10.6. The van der Waals surface area contributed by atoms with Crippen LogP contribution < -0.4 is 4.90 Å². The predicted octanol–water partition coefficient (Wildman–Crippen LogP) is 3.62. The Labute approximate surface area is 158 Å². The molecule has 3 heterocycles. The van der Waals surface area contributed by atoms with Crippen molar-refractivity contribution in [3.8, 4) is 0 Å². The van der Waals surface area contributed by atoms with E-state index < -0.39 is 0 Å². The van der Waals surface area contributed by atoms with Crippen molar-refractivity contribution in [3.63, 3.8) is 0 Å². The molecule has 0 aliphatic carbocycles. The second kappa shape index (κ2) is 7.99. The second-order valence-corrected chi connectivity index (χ2v) is 8.48. The van der Waals surface area contributed by atoms with E-state index in [0.29, 0.717) is 6.04 Å². The van der Waals surface area contributed by atoms with Gasteiger partial charge < -0.3 is 14.7 Å². The third-order valence-corrected chi connectivity index (χ3v) is 6.67. The summed E-state index contributed by atoms with van der Waals surface area (Å²) in [6.45, 7) is 8.95. The highest BCUT2D eigenvalue weighted by Gasteiger charge is 2.28. The standard InChI is InChI=1S/C22H33N3O/c1-18-8-14-24(15-9-18)20-6-4-19(5-7-20)22(26)25-16-10-21(11-17-25)23-12-2-3-13-23/h4-7,18,21H,2-3,8-17H2,1H3. The number of hydrogen-bond donors (Lipinski definition) is 0. The first kappa shape index (κ1) is 17.8. The van der Waals surface area contributed by atoms with Gasteiger partial charge in [0.15, 0.2) is 0 Å². The minimum absolute atomic E-state index is 0.212. The van der Waals surface area contributed by atoms with Gasteiger partial charge in [-0.05, 0) is 81.8 Å². The van der Waals surface area contributed by atoms with Gasteiger partial charge in [-0.15, -0.1) is 0 Å². The number of amides is 1. The number of piperidine rings is 2. The molecule has 4 nitrogen and oxygen atoms in total. The van der Waals surface area contributed by atoms with Gasteiger partial charge >= 0.3 is 0 Å². The number of benzene rings is 1. The van der Waals surface area contributed by atoms with E-state index >= 15 is 0 Å². The van der Waals surface area contributed by atoms with Crippen LogP contribution >= 0.6 is 0 Å². The molecule has 142 valence electrons. The predicted molar refractivity (Wildman–Crippen MR) is 107 cm³/mol. The molecule has 1 aromatic carbocycles. The molecule has 0 spiro atoms. The van der Waals surface area contributed by atoms with Crippen molar-refractivity contribution in [2.75, 3.05) is 44.2 Å². The summed E-state index contributed by atoms with van der Waals surface area (Å²) in [5.74, 6) is 1.05. The summed E-state index contributed by atoms with van der Waals surface area (Å²) in [6, 6.07) is 9.04. The van der Waals surface area contributed by atoms with E-state index in [1.165, 1.54) is 44.5 Å². The van der Waals surface area contributed by atoms with Crippen molar-refractivity contribution in [1.82, 2.24) is 9.80 Å². The third-order valence-electron chi connectivity index (χ3n) is 6.67. The fourth-order valence-electron chi connectivity index (χ4n) is 4.81. The minimum atomic E-state index is 0.212. The number of likely N-dealkylation sites (tertiary alicyclic amines) is 2. The first-order chi connectivity index (χ1) is 12.7. The average molecular weight is 356 g/mol. The average Bonchev–Trinajstić information content (AvgIpc) is 3.23. The molecule has 26 heavy (non-hydrogen) atoms. The van der Waals surface area contributed by atoms with Crippen LogP contribution in [0.4, 0.5) is 5.69 Å². The van der Waals surface area contributed by atoms with Gasteiger partial charge in [0, 0.05) is 43.5 Å². The summed E-state index contributed by atoms with van der Waals surface area (Å²) < 4.78 is 0. The van der Waals surface area contributed by atoms with Crippen molar-refractivity contribution >= 4 is 11.6 Å². The lowest BCUT2D eigenvalue weighted by molar-refractivity contribution is 0.0644. The molecular formula is C22H33N3O. The Balaban J connectivity index is 1.32. The van der Waals surface area contributed by atoms with Gasteiger partial charge in [-0.3, -0.25) is 4.79 Å². The summed E-state index contributed by atoms with van der Waals surface area (Å²) in [4.78, 5) is 20.0. The Hall–Kier alpha value is -1.55.